The number of hydrogen-bond donors (Lipinski definition) is 1. The van der Waals surface area contributed by atoms with Gasteiger partial charge in [0.1, 0.15) is 5.82 Å². The molecule has 4 nitrogen and oxygen atoms in total. The second-order valence-electron chi connectivity index (χ2n) is 2.44. The molecule has 0 atom stereocenters. The summed E-state index contributed by atoms with van der Waals surface area (Å²) in [4.78, 5) is 11.0. The van der Waals surface area contributed by atoms with Crippen molar-refractivity contribution >= 4 is 0 Å². The number of nitrogens with zero attached hydrogens (tertiary/aromatic N) is 3. The van der Waals surface area contributed by atoms with Crippen LogP contribution in [0.15, 0.2) is 31.1 Å². The van der Waals surface area contributed by atoms with Gasteiger partial charge in [0.15, 0.2) is 0 Å². The van der Waals surface area contributed by atoms with E-state index in [0.29, 0.717) is 0 Å². The first kappa shape index (κ1) is 7.09. The predicted octanol–water partition coefficient (Wildman–Crippen LogP) is 0.859. The number of aromatic nitrogens is 4. The molecule has 1 radical (unpaired) electrons. The van der Waals surface area contributed by atoms with Crippen molar-refractivity contribution in [3.05, 3.63) is 43.4 Å². The molecule has 4 heteroatoms. The summed E-state index contributed by atoms with van der Waals surface area (Å²) in [5, 5.41) is 0. The van der Waals surface area contributed by atoms with E-state index in [9.17, 15) is 0 Å². The van der Waals surface area contributed by atoms with Crippen LogP contribution in [-0.2, 0) is 6.54 Å². The van der Waals surface area contributed by atoms with Crippen LogP contribution in [0, 0.1) is 6.42 Å². The highest BCUT2D eigenvalue weighted by atomic mass is 15.0. The van der Waals surface area contributed by atoms with Crippen LogP contribution in [0.5, 0.6) is 0 Å². The van der Waals surface area contributed by atoms with Crippen LogP contribution < -0.4 is 0 Å². The molecule has 0 aliphatic rings. The Kier molecular flexibility index (Phi) is 1.90. The van der Waals surface area contributed by atoms with Gasteiger partial charge in [-0.25, -0.2) is 9.97 Å². The maximum Gasteiger partial charge on any atom is 0.111 e. The zero-order valence-corrected chi connectivity index (χ0v) is 6.51. The van der Waals surface area contributed by atoms with Gasteiger partial charge in [-0.05, 0) is 0 Å². The van der Waals surface area contributed by atoms with Gasteiger partial charge < -0.3 is 9.55 Å². The van der Waals surface area contributed by atoms with Crippen molar-refractivity contribution < 1.29 is 0 Å². The molecule has 0 spiro atoms. The lowest BCUT2D eigenvalue weighted by Gasteiger charge is -1.97. The Labute approximate surface area is 70.3 Å². The van der Waals surface area contributed by atoms with Gasteiger partial charge in [0.25, 0.3) is 0 Å². The third kappa shape index (κ3) is 1.53. The average molecular weight is 161 g/mol. The molecule has 1 N–H and O–H groups in total. The lowest BCUT2D eigenvalue weighted by Crippen LogP contribution is -1.97. The van der Waals surface area contributed by atoms with Gasteiger partial charge in [-0.15, -0.1) is 0 Å². The number of aromatic amines is 1. The first-order valence-corrected chi connectivity index (χ1v) is 3.73. The Morgan fingerprint density at radius 2 is 2.50 bits per heavy atom. The lowest BCUT2D eigenvalue weighted by molar-refractivity contribution is 0.775. The molecule has 12 heavy (non-hydrogen) atoms. The minimum absolute atomic E-state index is 0.799. The minimum Gasteiger partial charge on any atom is -0.348 e. The number of H-pyrrole nitrogens is 1. The molecular formula is C8H9N4. The molecule has 0 aliphatic carbocycles. The van der Waals surface area contributed by atoms with Crippen molar-refractivity contribution in [2.24, 2.45) is 0 Å². The molecule has 0 saturated carbocycles. The molecule has 0 aromatic carbocycles. The zero-order chi connectivity index (χ0) is 8.23. The van der Waals surface area contributed by atoms with Crippen molar-refractivity contribution in [2.75, 3.05) is 0 Å². The van der Waals surface area contributed by atoms with Crippen LogP contribution in [0.4, 0.5) is 0 Å². The lowest BCUT2D eigenvalue weighted by atomic mass is 10.4. The molecule has 0 saturated heterocycles. The largest absolute Gasteiger partial charge is 0.348 e. The topological polar surface area (TPSA) is 46.5 Å². The molecule has 2 aromatic rings. The highest BCUT2D eigenvalue weighted by Crippen LogP contribution is 1.96. The fourth-order valence-corrected chi connectivity index (χ4v) is 0.976. The van der Waals surface area contributed by atoms with Gasteiger partial charge in [-0.2, -0.15) is 0 Å². The quantitative estimate of drug-likeness (QED) is 0.725. The Balaban J connectivity index is 1.91. The summed E-state index contributed by atoms with van der Waals surface area (Å²) in [6.07, 6.45) is 11.0. The smallest absolute Gasteiger partial charge is 0.111 e. The van der Waals surface area contributed by atoms with Crippen molar-refractivity contribution in [1.82, 2.24) is 19.5 Å². The number of imidazole rings is 2. The Bertz CT molecular complexity index is 274. The van der Waals surface area contributed by atoms with Crippen molar-refractivity contribution in [3.63, 3.8) is 0 Å². The molecule has 2 rings (SSSR count). The van der Waals surface area contributed by atoms with Gasteiger partial charge in [0.2, 0.25) is 0 Å². The summed E-state index contributed by atoms with van der Waals surface area (Å²) in [7, 11) is 0. The predicted molar refractivity (Wildman–Crippen MR) is 44.2 cm³/mol. The third-order valence-corrected chi connectivity index (χ3v) is 1.57. The first-order valence-electron chi connectivity index (χ1n) is 3.73. The molecule has 0 aliphatic heterocycles. The van der Waals surface area contributed by atoms with Crippen LogP contribution in [0.25, 0.3) is 0 Å². The summed E-state index contributed by atoms with van der Waals surface area (Å²) in [5.41, 5.74) is 0. The number of hydrogen-bond acceptors (Lipinski definition) is 2. The molecule has 2 heterocycles. The second-order valence-corrected chi connectivity index (χ2v) is 2.44. The van der Waals surface area contributed by atoms with Crippen molar-refractivity contribution in [3.8, 4) is 0 Å². The highest BCUT2D eigenvalue weighted by molar-refractivity contribution is 5.00. The van der Waals surface area contributed by atoms with Crippen LogP contribution in [-0.4, -0.2) is 19.5 Å². The van der Waals surface area contributed by atoms with E-state index in [4.69, 9.17) is 0 Å². The normalized spacial score (nSPS) is 10.3. The van der Waals surface area contributed by atoms with Crippen LogP contribution in [0.3, 0.4) is 0 Å². The van der Waals surface area contributed by atoms with E-state index in [-0.39, 0.29) is 0 Å². The minimum atomic E-state index is 0.799. The third-order valence-electron chi connectivity index (χ3n) is 1.57. The molecule has 2 aromatic heterocycles. The van der Waals surface area contributed by atoms with Gasteiger partial charge >= 0.3 is 0 Å². The number of nitrogens with one attached hydrogen (secondary N) is 1. The van der Waals surface area contributed by atoms with E-state index in [0.717, 1.165) is 12.4 Å². The van der Waals surface area contributed by atoms with Crippen LogP contribution in [0.1, 0.15) is 5.82 Å². The van der Waals surface area contributed by atoms with Crippen molar-refractivity contribution in [2.45, 2.75) is 6.54 Å². The molecule has 0 unspecified atom stereocenters. The monoisotopic (exact) mass is 161 g/mol. The van der Waals surface area contributed by atoms with E-state index in [2.05, 4.69) is 15.0 Å². The SMILES string of the molecule is [CH](Cn1ccnc1)c1ncc[nH]1. The van der Waals surface area contributed by atoms with Gasteiger partial charge in [0, 0.05) is 37.8 Å². The average Bonchev–Trinajstić information content (AvgIpc) is 2.74. The first-order chi connectivity index (χ1) is 5.95. The second kappa shape index (κ2) is 3.21. The Morgan fingerprint density at radius 1 is 1.50 bits per heavy atom. The standard InChI is InChI=1S/C8H9N4/c1(8-10-2-3-11-8)5-12-6-4-9-7-12/h1-4,6-7H,5H2,(H,10,11). The maximum absolute atomic E-state index is 4.07. The van der Waals surface area contributed by atoms with Gasteiger partial charge in [-0.3, -0.25) is 0 Å². The summed E-state index contributed by atoms with van der Waals surface area (Å²) >= 11 is 0. The van der Waals surface area contributed by atoms with E-state index in [1.54, 1.807) is 24.9 Å². The maximum atomic E-state index is 4.07. The molecule has 0 fully saturated rings. The summed E-state index contributed by atoms with van der Waals surface area (Å²) in [5.74, 6) is 0.892. The van der Waals surface area contributed by atoms with E-state index in [1.807, 2.05) is 17.2 Å². The van der Waals surface area contributed by atoms with Crippen LogP contribution in [0.2, 0.25) is 0 Å². The molecular weight excluding hydrogens is 152 g/mol. The molecule has 0 bridgehead atoms. The highest BCUT2D eigenvalue weighted by Gasteiger charge is 1.94. The summed E-state index contributed by atoms with van der Waals surface area (Å²) in [6.45, 7) is 0.799. The molecule has 61 valence electrons. The Hall–Kier alpha value is -1.58. The van der Waals surface area contributed by atoms with E-state index < -0.39 is 0 Å². The zero-order valence-electron chi connectivity index (χ0n) is 6.51. The summed E-state index contributed by atoms with van der Waals surface area (Å²) in [6, 6.07) is 0. The fourth-order valence-electron chi connectivity index (χ4n) is 0.976. The fraction of sp³-hybridized carbons (Fsp3) is 0.125. The van der Waals surface area contributed by atoms with Crippen LogP contribution >= 0.6 is 0 Å². The Morgan fingerprint density at radius 3 is 3.17 bits per heavy atom. The van der Waals surface area contributed by atoms with Gasteiger partial charge in [-0.1, -0.05) is 0 Å². The van der Waals surface area contributed by atoms with Crippen molar-refractivity contribution in [1.29, 1.82) is 0 Å². The van der Waals surface area contributed by atoms with Gasteiger partial charge in [0.05, 0.1) is 6.33 Å². The number of rotatable bonds is 3. The van der Waals surface area contributed by atoms with E-state index in [1.165, 1.54) is 0 Å². The molecule has 0 amide bonds. The van der Waals surface area contributed by atoms with E-state index >= 15 is 0 Å². The summed E-state index contributed by atoms with van der Waals surface area (Å²) < 4.78 is 1.97.